The van der Waals surface area contributed by atoms with Crippen LogP contribution in [0, 0.1) is 34.5 Å². The van der Waals surface area contributed by atoms with Crippen molar-refractivity contribution in [3.05, 3.63) is 35.9 Å². The van der Waals surface area contributed by atoms with Crippen molar-refractivity contribution in [2.45, 2.75) is 131 Å². The normalized spacial score (nSPS) is 17.9. The third-order valence-corrected chi connectivity index (χ3v) is 15.0. The second-order valence-electron chi connectivity index (χ2n) is 24.3. The zero-order valence-electron chi connectivity index (χ0n) is 52.6. The molecule has 1 aromatic carbocycles. The van der Waals surface area contributed by atoms with Crippen molar-refractivity contribution in [1.82, 2.24) is 26.2 Å². The predicted octanol–water partition coefficient (Wildman–Crippen LogP) is 3.51. The minimum Gasteiger partial charge on any atom is -0.377 e. The number of hydrogen-bond donors (Lipinski definition) is 4. The lowest BCUT2D eigenvalue weighted by Crippen LogP contribution is -2.43. The van der Waals surface area contributed by atoms with Gasteiger partial charge >= 0.3 is 0 Å². The van der Waals surface area contributed by atoms with E-state index in [1.165, 1.54) is 4.90 Å². The van der Waals surface area contributed by atoms with Crippen LogP contribution < -0.4 is 21.3 Å². The van der Waals surface area contributed by atoms with Crippen molar-refractivity contribution in [2.75, 3.05) is 145 Å². The number of benzene rings is 1. The number of Topliss-reactive ketones (excluding diaryl/α,β-unsaturated/α-hetero) is 3. The van der Waals surface area contributed by atoms with Gasteiger partial charge in [0.2, 0.25) is 35.4 Å². The average Bonchev–Trinajstić information content (AvgIpc) is 1.97. The number of carbonyl (C=O) groups excluding carboxylic acids is 9. The summed E-state index contributed by atoms with van der Waals surface area (Å²) in [5.74, 6) is -2.24. The average molecular weight is 1230 g/mol. The fourth-order valence-electron chi connectivity index (χ4n) is 9.65. The molecule has 24 nitrogen and oxygen atoms in total. The smallest absolute Gasteiger partial charge is 0.246 e. The molecule has 3 atom stereocenters. The van der Waals surface area contributed by atoms with Crippen LogP contribution in [0.25, 0.3) is 0 Å². The molecule has 4 N–H and O–H groups in total. The monoisotopic (exact) mass is 1230 g/mol. The highest BCUT2D eigenvalue weighted by molar-refractivity contribution is 6.04. The van der Waals surface area contributed by atoms with Crippen LogP contribution in [0.1, 0.15) is 118 Å². The van der Waals surface area contributed by atoms with E-state index in [0.29, 0.717) is 112 Å². The first-order chi connectivity index (χ1) is 41.7. The van der Waals surface area contributed by atoms with Crippen LogP contribution in [0.5, 0.6) is 0 Å². The summed E-state index contributed by atoms with van der Waals surface area (Å²) in [5, 5.41) is 10.8. The molecule has 6 amide bonds. The quantitative estimate of drug-likeness (QED) is 0.0412. The number of rotatable bonds is 49. The minimum atomic E-state index is -0.932. The maximum atomic E-state index is 13.3. The van der Waals surface area contributed by atoms with Gasteiger partial charge in [-0.05, 0) is 67.8 Å². The molecular formula is C63H101N5O19. The first kappa shape index (κ1) is 74.3. The Bertz CT molecular complexity index is 2230. The molecule has 24 heteroatoms. The molecule has 492 valence electrons. The van der Waals surface area contributed by atoms with Crippen LogP contribution in [0.3, 0.4) is 0 Å². The molecule has 0 aromatic heterocycles. The molecule has 0 radical (unpaired) electrons. The number of ketones is 3. The highest BCUT2D eigenvalue weighted by Crippen LogP contribution is 2.39. The maximum Gasteiger partial charge on any atom is 0.246 e. The van der Waals surface area contributed by atoms with E-state index in [-0.39, 0.29) is 136 Å². The van der Waals surface area contributed by atoms with Crippen molar-refractivity contribution < 1.29 is 90.5 Å². The highest BCUT2D eigenvalue weighted by Gasteiger charge is 2.45. The zero-order valence-corrected chi connectivity index (χ0v) is 52.6. The Morgan fingerprint density at radius 2 is 1.07 bits per heavy atom. The predicted molar refractivity (Wildman–Crippen MR) is 319 cm³/mol. The van der Waals surface area contributed by atoms with Crippen LogP contribution >= 0.6 is 0 Å². The second kappa shape index (κ2) is 42.0. The topological polar surface area (TPSA) is 297 Å². The van der Waals surface area contributed by atoms with Gasteiger partial charge in [-0.15, -0.1) is 0 Å². The number of amides is 6. The number of imide groups is 1. The summed E-state index contributed by atoms with van der Waals surface area (Å²) < 4.78 is 55.3. The Kier molecular flexibility index (Phi) is 35.8. The first-order valence-electron chi connectivity index (χ1n) is 31.1. The van der Waals surface area contributed by atoms with Gasteiger partial charge in [-0.25, -0.2) is 0 Å². The van der Waals surface area contributed by atoms with Gasteiger partial charge in [-0.3, -0.25) is 48.1 Å². The molecule has 0 bridgehead atoms. The van der Waals surface area contributed by atoms with Gasteiger partial charge in [-0.1, -0.05) is 71.9 Å². The summed E-state index contributed by atoms with van der Waals surface area (Å²) >= 11 is 0. The van der Waals surface area contributed by atoms with E-state index >= 15 is 0 Å². The fraction of sp³-hybridized carbons (Fsp3) is 0.762. The molecule has 2 saturated carbocycles. The number of nitrogens with one attached hydrogen (secondary N) is 4. The van der Waals surface area contributed by atoms with Crippen molar-refractivity contribution in [1.29, 1.82) is 0 Å². The van der Waals surface area contributed by atoms with Crippen LogP contribution in [0.4, 0.5) is 0 Å². The summed E-state index contributed by atoms with van der Waals surface area (Å²) in [6.07, 6.45) is 4.18. The van der Waals surface area contributed by atoms with Crippen molar-refractivity contribution in [3.8, 4) is 0 Å². The van der Waals surface area contributed by atoms with Gasteiger partial charge in [0, 0.05) is 56.5 Å². The van der Waals surface area contributed by atoms with Gasteiger partial charge in [0.15, 0.2) is 17.3 Å². The molecule has 1 unspecified atom stereocenters. The molecule has 1 saturated heterocycles. The van der Waals surface area contributed by atoms with E-state index in [4.69, 9.17) is 47.4 Å². The van der Waals surface area contributed by atoms with E-state index in [1.807, 2.05) is 71.9 Å². The Morgan fingerprint density at radius 3 is 1.56 bits per heavy atom. The third-order valence-electron chi connectivity index (χ3n) is 15.0. The second-order valence-corrected chi connectivity index (χ2v) is 24.3. The molecule has 87 heavy (non-hydrogen) atoms. The SMILES string of the molecule is CC(C)(C)C(=O)[C@@H](OCNC(=O)CCC(=O)[C@H](Cc1ccccc1)NC(=O)CCC(=O)CNC(=O)COCCOCCOCCOCCOCCOCCOCCOCCOCCNC(=O)C1CCC(CN2C(=O)CC(C(C)(C)C)C2=O)CC1)C1CC1. The number of likely N-dealkylation sites (tertiary alicyclic amines) is 1. The van der Waals surface area contributed by atoms with E-state index < -0.39 is 35.3 Å². The molecule has 4 rings (SSSR count). The van der Waals surface area contributed by atoms with Crippen LogP contribution in [-0.4, -0.2) is 215 Å². The molecule has 1 heterocycles. The van der Waals surface area contributed by atoms with Gasteiger partial charge in [-0.2, -0.15) is 0 Å². The van der Waals surface area contributed by atoms with Crippen LogP contribution in [-0.2, 0) is 96.9 Å². The van der Waals surface area contributed by atoms with Gasteiger partial charge < -0.3 is 68.6 Å². The standard InChI is InChI=1S/C63H101N5O19/c1-62(2,3)51-41-57(74)68(61(51)77)43-47-12-14-49(15-13-47)60(76)64-22-23-78-24-25-79-26-27-80-28-29-81-30-31-82-32-33-83-34-35-84-36-37-85-38-39-86-44-56(73)65-42-50(69)18-20-55(72)67-52(40-46-10-8-7-9-11-46)53(70)19-21-54(71)66-45-87-58(48-16-17-48)59(75)63(4,5)6/h7-11,47-49,51-52,58H,12-45H2,1-6H3,(H,64,76)(H,65,73)(H,66,71)(H,67,72)/t47?,49?,51?,52-,58-/m0/s1. The van der Waals surface area contributed by atoms with E-state index in [2.05, 4.69) is 21.3 Å². The Morgan fingerprint density at radius 1 is 0.563 bits per heavy atom. The maximum absolute atomic E-state index is 13.3. The lowest BCUT2D eigenvalue weighted by atomic mass is 9.79. The van der Waals surface area contributed by atoms with Crippen molar-refractivity contribution >= 4 is 52.8 Å². The summed E-state index contributed by atoms with van der Waals surface area (Å²) in [7, 11) is 0. The number of carbonyl (C=O) groups is 9. The minimum absolute atomic E-state index is 0.0152. The molecule has 3 aliphatic rings. The number of ether oxygens (including phenoxy) is 10. The first-order valence-corrected chi connectivity index (χ1v) is 31.1. The molecule has 3 fully saturated rings. The van der Waals surface area contributed by atoms with Crippen LogP contribution in [0.2, 0.25) is 0 Å². The number of nitrogens with zero attached hydrogens (tertiary/aromatic N) is 1. The molecule has 0 spiro atoms. The molecular weight excluding hydrogens is 1130 g/mol. The summed E-state index contributed by atoms with van der Waals surface area (Å²) in [6.45, 7) is 18.1. The summed E-state index contributed by atoms with van der Waals surface area (Å²) in [4.78, 5) is 116. The van der Waals surface area contributed by atoms with Gasteiger partial charge in [0.1, 0.15) is 19.4 Å². The molecule has 1 aromatic rings. The largest absolute Gasteiger partial charge is 0.377 e. The summed E-state index contributed by atoms with van der Waals surface area (Å²) in [6, 6.07) is 8.17. The van der Waals surface area contributed by atoms with Gasteiger partial charge in [0.05, 0.1) is 131 Å². The van der Waals surface area contributed by atoms with Gasteiger partial charge in [0.25, 0.3) is 0 Å². The Labute approximate surface area is 514 Å². The molecule has 2 aliphatic carbocycles. The lowest BCUT2D eigenvalue weighted by molar-refractivity contribution is -0.142. The Balaban J connectivity index is 0.849. The van der Waals surface area contributed by atoms with E-state index in [0.717, 1.165) is 44.1 Å². The van der Waals surface area contributed by atoms with E-state index in [1.54, 1.807) is 0 Å². The summed E-state index contributed by atoms with van der Waals surface area (Å²) in [5.41, 5.74) is -0.00829. The third kappa shape index (κ3) is 32.2. The lowest BCUT2D eigenvalue weighted by Gasteiger charge is -2.31. The zero-order chi connectivity index (χ0) is 63.3. The Hall–Kier alpha value is -5.15. The molecule has 1 aliphatic heterocycles. The van der Waals surface area contributed by atoms with Crippen molar-refractivity contribution in [2.24, 2.45) is 34.5 Å². The highest BCUT2D eigenvalue weighted by atomic mass is 16.6. The van der Waals surface area contributed by atoms with Crippen molar-refractivity contribution in [3.63, 3.8) is 0 Å². The number of hydrogen-bond acceptors (Lipinski definition) is 19. The fourth-order valence-corrected chi connectivity index (χ4v) is 9.65. The van der Waals surface area contributed by atoms with E-state index in [9.17, 15) is 43.2 Å². The van der Waals surface area contributed by atoms with Crippen LogP contribution in [0.15, 0.2) is 30.3 Å².